The van der Waals surface area contributed by atoms with Gasteiger partial charge in [0.15, 0.2) is 0 Å². The van der Waals surface area contributed by atoms with Gasteiger partial charge in [-0.3, -0.25) is 25.0 Å². The van der Waals surface area contributed by atoms with Gasteiger partial charge in [-0.15, -0.1) is 0 Å². The van der Waals surface area contributed by atoms with Crippen LogP contribution in [-0.4, -0.2) is 43.1 Å². The van der Waals surface area contributed by atoms with Gasteiger partial charge in [0.25, 0.3) is 0 Å². The molecular weight excluding hydrogens is 286 g/mol. The van der Waals surface area contributed by atoms with Crippen molar-refractivity contribution in [3.63, 3.8) is 0 Å². The first kappa shape index (κ1) is 18.4. The number of alkyl carbamates (subject to hydrolysis) is 2. The predicted molar refractivity (Wildman–Crippen MR) is 67.7 cm³/mol. The summed E-state index contributed by atoms with van der Waals surface area (Å²) in [7, 11) is 0. The second kappa shape index (κ2) is 10.2. The first-order valence-electron chi connectivity index (χ1n) is 6.00. The van der Waals surface area contributed by atoms with Gasteiger partial charge >= 0.3 is 12.2 Å². The van der Waals surface area contributed by atoms with Crippen LogP contribution in [0.3, 0.4) is 0 Å². The fraction of sp³-hybridized carbons (Fsp3) is 0.545. The Hall–Kier alpha value is -2.65. The van der Waals surface area contributed by atoms with Crippen LogP contribution in [-0.2, 0) is 23.9 Å². The maximum Gasteiger partial charge on any atom is 0.413 e. The van der Waals surface area contributed by atoms with Gasteiger partial charge in [0.05, 0.1) is 13.0 Å². The lowest BCUT2D eigenvalue weighted by molar-refractivity contribution is -0.121. The number of amides is 5. The van der Waals surface area contributed by atoms with Gasteiger partial charge in [0, 0.05) is 13.3 Å². The summed E-state index contributed by atoms with van der Waals surface area (Å²) in [5.41, 5.74) is 4.88. The van der Waals surface area contributed by atoms with Crippen LogP contribution < -0.4 is 16.4 Å². The first-order chi connectivity index (χ1) is 9.81. The smallest absolute Gasteiger partial charge is 0.413 e. The Morgan fingerprint density at radius 2 is 1.48 bits per heavy atom. The Labute approximate surface area is 120 Å². The minimum atomic E-state index is -0.982. The van der Waals surface area contributed by atoms with Crippen LogP contribution >= 0.6 is 0 Å². The zero-order chi connectivity index (χ0) is 16.3. The second-order valence-corrected chi connectivity index (χ2v) is 3.82. The van der Waals surface area contributed by atoms with Gasteiger partial charge in [-0.1, -0.05) is 0 Å². The van der Waals surface area contributed by atoms with E-state index in [1.165, 1.54) is 0 Å². The van der Waals surface area contributed by atoms with E-state index in [4.69, 9.17) is 5.73 Å². The van der Waals surface area contributed by atoms with Crippen molar-refractivity contribution in [1.82, 2.24) is 10.6 Å². The third-order valence-corrected chi connectivity index (χ3v) is 1.88. The highest BCUT2D eigenvalue weighted by Crippen LogP contribution is 1.91. The molecule has 0 heterocycles. The summed E-state index contributed by atoms with van der Waals surface area (Å²) >= 11 is 0. The molecule has 0 bridgehead atoms. The molecule has 0 spiro atoms. The van der Waals surface area contributed by atoms with Gasteiger partial charge < -0.3 is 15.2 Å². The third kappa shape index (κ3) is 12.1. The standard InChI is InChI=1S/C11H17N3O7/c1-7(15)13-10(18)21-6-4-9(17)14-11(19)20-5-2-3-8(12)16/h2-6H2,1H3,(H2,12,16)(H,13,15,18)(H,14,17,19). The highest BCUT2D eigenvalue weighted by Gasteiger charge is 2.10. The molecule has 0 fully saturated rings. The molecule has 10 nitrogen and oxygen atoms in total. The number of ether oxygens (including phenoxy) is 2. The van der Waals surface area contributed by atoms with Crippen molar-refractivity contribution in [3.8, 4) is 0 Å². The average Bonchev–Trinajstić information content (AvgIpc) is 2.33. The van der Waals surface area contributed by atoms with Crippen LogP contribution in [0.2, 0.25) is 0 Å². The van der Waals surface area contributed by atoms with E-state index in [9.17, 15) is 24.0 Å². The van der Waals surface area contributed by atoms with Crippen molar-refractivity contribution >= 4 is 29.9 Å². The number of primary amides is 1. The lowest BCUT2D eigenvalue weighted by Crippen LogP contribution is -2.33. The molecule has 0 unspecified atom stereocenters. The number of carbonyl (C=O) groups is 5. The summed E-state index contributed by atoms with van der Waals surface area (Å²) in [6, 6.07) is 0. The summed E-state index contributed by atoms with van der Waals surface area (Å²) in [5.74, 6) is -1.83. The summed E-state index contributed by atoms with van der Waals surface area (Å²) in [6.45, 7) is 0.766. The van der Waals surface area contributed by atoms with Crippen LogP contribution in [0.15, 0.2) is 0 Å². The molecule has 0 saturated heterocycles. The topological polar surface area (TPSA) is 154 Å². The van der Waals surface area contributed by atoms with Crippen LogP contribution in [0.4, 0.5) is 9.59 Å². The van der Waals surface area contributed by atoms with Gasteiger partial charge in [-0.05, 0) is 6.42 Å². The number of hydrogen-bond donors (Lipinski definition) is 3. The van der Waals surface area contributed by atoms with Gasteiger partial charge in [-0.2, -0.15) is 0 Å². The molecule has 0 aromatic carbocycles. The summed E-state index contributed by atoms with van der Waals surface area (Å²) in [6.07, 6.45) is -1.91. The Kier molecular flexibility index (Phi) is 8.89. The Bertz CT molecular complexity index is 422. The minimum Gasteiger partial charge on any atom is -0.449 e. The fourth-order valence-corrected chi connectivity index (χ4v) is 1.04. The van der Waals surface area contributed by atoms with Gasteiger partial charge in [-0.25, -0.2) is 9.59 Å². The van der Waals surface area contributed by atoms with Gasteiger partial charge in [0.1, 0.15) is 6.61 Å². The quantitative estimate of drug-likeness (QED) is 0.518. The number of nitrogens with one attached hydrogen (secondary N) is 2. The summed E-state index contributed by atoms with van der Waals surface area (Å²) < 4.78 is 9.09. The maximum atomic E-state index is 11.2. The number of imide groups is 2. The minimum absolute atomic E-state index is 0.0560. The number of hydrogen-bond acceptors (Lipinski definition) is 7. The molecule has 0 aromatic rings. The molecule has 0 aromatic heterocycles. The fourth-order valence-electron chi connectivity index (χ4n) is 1.04. The second-order valence-electron chi connectivity index (χ2n) is 3.82. The lowest BCUT2D eigenvalue weighted by atomic mass is 10.3. The predicted octanol–water partition coefficient (Wildman–Crippen LogP) is -0.832. The molecule has 4 N–H and O–H groups in total. The zero-order valence-electron chi connectivity index (χ0n) is 11.5. The van der Waals surface area contributed by atoms with Crippen LogP contribution in [0.1, 0.15) is 26.2 Å². The highest BCUT2D eigenvalue weighted by molar-refractivity contribution is 5.92. The van der Waals surface area contributed by atoms with E-state index in [0.717, 1.165) is 6.92 Å². The van der Waals surface area contributed by atoms with Crippen molar-refractivity contribution in [2.45, 2.75) is 26.2 Å². The highest BCUT2D eigenvalue weighted by atomic mass is 16.6. The lowest BCUT2D eigenvalue weighted by Gasteiger charge is -2.06. The number of rotatable bonds is 7. The van der Waals surface area contributed by atoms with E-state index >= 15 is 0 Å². The molecule has 118 valence electrons. The SMILES string of the molecule is CC(=O)NC(=O)OCCC(=O)NC(=O)OCCCC(N)=O. The molecule has 0 aliphatic heterocycles. The Balaban J connectivity index is 3.69. The average molecular weight is 303 g/mol. The normalized spacial score (nSPS) is 9.38. The number of nitrogens with two attached hydrogens (primary N) is 1. The van der Waals surface area contributed by atoms with Crippen molar-refractivity contribution in [2.75, 3.05) is 13.2 Å². The van der Waals surface area contributed by atoms with Crippen molar-refractivity contribution in [3.05, 3.63) is 0 Å². The van der Waals surface area contributed by atoms with E-state index in [0.29, 0.717) is 0 Å². The van der Waals surface area contributed by atoms with E-state index in [1.54, 1.807) is 0 Å². The molecule has 5 amide bonds. The van der Waals surface area contributed by atoms with Crippen LogP contribution in [0.25, 0.3) is 0 Å². The van der Waals surface area contributed by atoms with E-state index in [1.807, 2.05) is 10.6 Å². The van der Waals surface area contributed by atoms with Gasteiger partial charge in [0.2, 0.25) is 17.7 Å². The molecule has 0 aliphatic rings. The van der Waals surface area contributed by atoms with Crippen LogP contribution in [0, 0.1) is 0 Å². The Morgan fingerprint density at radius 1 is 0.905 bits per heavy atom. The third-order valence-electron chi connectivity index (χ3n) is 1.88. The van der Waals surface area contributed by atoms with E-state index in [2.05, 4.69) is 9.47 Å². The summed E-state index contributed by atoms with van der Waals surface area (Å²) in [5, 5.41) is 3.73. The largest absolute Gasteiger partial charge is 0.449 e. The first-order valence-corrected chi connectivity index (χ1v) is 6.00. The van der Waals surface area contributed by atoms with E-state index in [-0.39, 0.29) is 32.5 Å². The summed E-state index contributed by atoms with van der Waals surface area (Å²) in [4.78, 5) is 54.1. The number of carbonyl (C=O) groups excluding carboxylic acids is 5. The molecule has 0 rings (SSSR count). The van der Waals surface area contributed by atoms with Crippen molar-refractivity contribution in [1.29, 1.82) is 0 Å². The molecule has 0 radical (unpaired) electrons. The molecule has 0 atom stereocenters. The zero-order valence-corrected chi connectivity index (χ0v) is 11.5. The molecule has 0 aliphatic carbocycles. The monoisotopic (exact) mass is 303 g/mol. The molecular formula is C11H17N3O7. The molecule has 10 heteroatoms. The van der Waals surface area contributed by atoms with Crippen molar-refractivity contribution < 1.29 is 33.4 Å². The Morgan fingerprint density at radius 3 is 2.05 bits per heavy atom. The molecule has 21 heavy (non-hydrogen) atoms. The molecule has 0 saturated carbocycles. The van der Waals surface area contributed by atoms with Crippen molar-refractivity contribution in [2.24, 2.45) is 5.73 Å². The maximum absolute atomic E-state index is 11.2. The van der Waals surface area contributed by atoms with E-state index < -0.39 is 29.9 Å². The van der Waals surface area contributed by atoms with Crippen LogP contribution in [0.5, 0.6) is 0 Å².